The topological polar surface area (TPSA) is 53.7 Å². The van der Waals surface area contributed by atoms with Gasteiger partial charge in [0.2, 0.25) is 0 Å². The van der Waals surface area contributed by atoms with Crippen LogP contribution in [0.5, 0.6) is 0 Å². The van der Waals surface area contributed by atoms with E-state index in [2.05, 4.69) is 6.92 Å². The quantitative estimate of drug-likeness (QED) is 0.359. The molecule has 0 aromatic heterocycles. The average molecular weight is 284 g/mol. The van der Waals surface area contributed by atoms with Gasteiger partial charge in [-0.3, -0.25) is 0 Å². The molecule has 0 aliphatic carbocycles. The van der Waals surface area contributed by atoms with E-state index in [1.54, 1.807) is 0 Å². The number of rotatable bonds is 11. The molecule has 1 atom stereocenters. The van der Waals surface area contributed by atoms with Gasteiger partial charge in [-0.15, -0.1) is 0 Å². The zero-order chi connectivity index (χ0) is 11.4. The molecule has 0 bridgehead atoms. The van der Waals surface area contributed by atoms with Crippen molar-refractivity contribution in [1.82, 2.24) is 0 Å². The number of hydrogen-bond acceptors (Lipinski definition) is 4. The summed E-state index contributed by atoms with van der Waals surface area (Å²) in [5.74, 6) is 0. The Hall–Kier alpha value is 0.708. The molecular formula is C7H25NO3Si4. The summed E-state index contributed by atoms with van der Waals surface area (Å²) < 4.78 is 16.5. The first-order valence-corrected chi connectivity index (χ1v) is 11.0. The molecule has 1 unspecified atom stereocenters. The summed E-state index contributed by atoms with van der Waals surface area (Å²) in [6.45, 7) is 3.02. The van der Waals surface area contributed by atoms with Crippen LogP contribution in [0.3, 0.4) is 0 Å². The minimum atomic E-state index is -0.977. The van der Waals surface area contributed by atoms with Crippen molar-refractivity contribution in [3.63, 3.8) is 0 Å². The van der Waals surface area contributed by atoms with Gasteiger partial charge in [-0.25, -0.2) is 0 Å². The third-order valence-corrected chi connectivity index (χ3v) is 9.01. The van der Waals surface area contributed by atoms with Crippen molar-refractivity contribution in [2.75, 3.05) is 6.54 Å². The molecule has 0 saturated heterocycles. The Morgan fingerprint density at radius 3 is 2.60 bits per heavy atom. The summed E-state index contributed by atoms with van der Waals surface area (Å²) in [6.07, 6.45) is 3.67. The highest BCUT2D eigenvalue weighted by atomic mass is 28.4. The summed E-state index contributed by atoms with van der Waals surface area (Å²) >= 11 is 0. The molecule has 0 aliphatic heterocycles. The van der Waals surface area contributed by atoms with Gasteiger partial charge in [0.05, 0.1) is 0 Å². The van der Waals surface area contributed by atoms with Crippen molar-refractivity contribution >= 4 is 39.5 Å². The van der Waals surface area contributed by atoms with Crippen LogP contribution in [0.25, 0.3) is 0 Å². The third-order valence-electron chi connectivity index (χ3n) is 2.20. The van der Waals surface area contributed by atoms with Crippen molar-refractivity contribution in [2.45, 2.75) is 38.3 Å². The number of unbranched alkanes of at least 4 members (excludes halogenated alkanes) is 1. The van der Waals surface area contributed by atoms with Crippen LogP contribution in [0.15, 0.2) is 0 Å². The van der Waals surface area contributed by atoms with Crippen LogP contribution in [0, 0.1) is 0 Å². The maximum absolute atomic E-state index is 5.92. The van der Waals surface area contributed by atoms with Gasteiger partial charge in [0.15, 0.2) is 9.04 Å². The van der Waals surface area contributed by atoms with Gasteiger partial charge in [0, 0.05) is 0 Å². The van der Waals surface area contributed by atoms with Gasteiger partial charge in [0.1, 0.15) is 10.5 Å². The molecule has 92 valence electrons. The van der Waals surface area contributed by atoms with Gasteiger partial charge >= 0.3 is 0 Å². The third kappa shape index (κ3) is 11.0. The smallest absolute Gasteiger partial charge is 0.284 e. The second kappa shape index (κ2) is 12.8. The Labute approximate surface area is 103 Å². The zero-order valence-electron chi connectivity index (χ0n) is 10.0. The molecule has 0 heterocycles. The average Bonchev–Trinajstić information content (AvgIpc) is 2.27. The summed E-state index contributed by atoms with van der Waals surface area (Å²) in [5.41, 5.74) is 5.52. The number of nitrogens with two attached hydrogens (primary N) is 1. The normalized spacial score (nSPS) is 14.8. The van der Waals surface area contributed by atoms with Crippen LogP contribution in [0.4, 0.5) is 0 Å². The van der Waals surface area contributed by atoms with Gasteiger partial charge in [-0.1, -0.05) is 19.8 Å². The Kier molecular flexibility index (Phi) is 13.4. The van der Waals surface area contributed by atoms with Gasteiger partial charge in [-0.05, 0) is 25.1 Å². The molecular weight excluding hydrogens is 258 g/mol. The maximum atomic E-state index is 5.92. The SMILES string of the molecule is CCCC[SiH](CCCN)O[SiH2]O[SiH2]O[SiH3]. The lowest BCUT2D eigenvalue weighted by Crippen LogP contribution is -2.24. The predicted octanol–water partition coefficient (Wildman–Crippen LogP) is -1.81. The Morgan fingerprint density at radius 2 is 2.00 bits per heavy atom. The second-order valence-corrected chi connectivity index (χ2v) is 11.7. The molecule has 0 radical (unpaired) electrons. The molecule has 0 spiro atoms. The molecule has 0 fully saturated rings. The van der Waals surface area contributed by atoms with Crippen LogP contribution >= 0.6 is 0 Å². The Morgan fingerprint density at radius 1 is 1.27 bits per heavy atom. The molecule has 0 saturated carbocycles. The largest absolute Gasteiger partial charge is 0.449 e. The lowest BCUT2D eigenvalue weighted by molar-refractivity contribution is 0.429. The van der Waals surface area contributed by atoms with E-state index in [0.29, 0.717) is 0 Å². The lowest BCUT2D eigenvalue weighted by atomic mass is 10.4. The highest BCUT2D eigenvalue weighted by molar-refractivity contribution is 6.58. The highest BCUT2D eigenvalue weighted by Gasteiger charge is 2.10. The zero-order valence-corrected chi connectivity index (χ0v) is 16.0. The first kappa shape index (κ1) is 15.7. The Bertz CT molecular complexity index is 125. The maximum Gasteiger partial charge on any atom is 0.284 e. The van der Waals surface area contributed by atoms with Crippen molar-refractivity contribution in [3.8, 4) is 0 Å². The predicted molar refractivity (Wildman–Crippen MR) is 75.6 cm³/mol. The second-order valence-electron chi connectivity index (χ2n) is 3.59. The molecule has 0 amide bonds. The number of hydrogen-bond donors (Lipinski definition) is 1. The fourth-order valence-electron chi connectivity index (χ4n) is 1.35. The monoisotopic (exact) mass is 283 g/mol. The summed E-state index contributed by atoms with van der Waals surface area (Å²) in [6, 6.07) is 2.51. The molecule has 15 heavy (non-hydrogen) atoms. The minimum absolute atomic E-state index is 0.664. The molecule has 0 aliphatic rings. The van der Waals surface area contributed by atoms with E-state index in [4.69, 9.17) is 18.1 Å². The van der Waals surface area contributed by atoms with E-state index in [9.17, 15) is 0 Å². The fraction of sp³-hybridized carbons (Fsp3) is 1.00. The van der Waals surface area contributed by atoms with E-state index in [1.807, 2.05) is 0 Å². The molecule has 0 aromatic carbocycles. The molecule has 0 rings (SSSR count). The molecule has 0 aromatic rings. The van der Waals surface area contributed by atoms with Crippen molar-refractivity contribution in [1.29, 1.82) is 0 Å². The molecule has 2 N–H and O–H groups in total. The van der Waals surface area contributed by atoms with E-state index in [1.165, 1.54) is 24.9 Å². The van der Waals surface area contributed by atoms with Crippen molar-refractivity contribution in [3.05, 3.63) is 0 Å². The van der Waals surface area contributed by atoms with Crippen LogP contribution in [0.2, 0.25) is 12.1 Å². The van der Waals surface area contributed by atoms with Gasteiger partial charge in [-0.2, -0.15) is 0 Å². The molecule has 8 heteroatoms. The summed E-state index contributed by atoms with van der Waals surface area (Å²) in [7, 11) is -1.56. The first-order valence-electron chi connectivity index (χ1n) is 5.73. The lowest BCUT2D eigenvalue weighted by Gasteiger charge is -2.15. The summed E-state index contributed by atoms with van der Waals surface area (Å²) in [4.78, 5) is 0. The van der Waals surface area contributed by atoms with Crippen LogP contribution < -0.4 is 5.73 Å². The van der Waals surface area contributed by atoms with Crippen LogP contribution in [-0.2, 0) is 12.3 Å². The van der Waals surface area contributed by atoms with Gasteiger partial charge < -0.3 is 18.1 Å². The van der Waals surface area contributed by atoms with E-state index < -0.39 is 29.1 Å². The van der Waals surface area contributed by atoms with E-state index >= 15 is 0 Å². The highest BCUT2D eigenvalue weighted by Crippen LogP contribution is 2.08. The first-order chi connectivity index (χ1) is 7.35. The summed E-state index contributed by atoms with van der Waals surface area (Å²) in [5, 5.41) is 0. The minimum Gasteiger partial charge on any atom is -0.449 e. The van der Waals surface area contributed by atoms with Crippen LogP contribution in [0.1, 0.15) is 26.2 Å². The van der Waals surface area contributed by atoms with E-state index in [0.717, 1.165) is 23.5 Å². The standard InChI is InChI=1S/C7H25NO3Si4/c1-2-3-6-15(7-4-5-8)11-14-10-13-9-12/h15H,2-8,13-14H2,1,12H3. The van der Waals surface area contributed by atoms with Crippen molar-refractivity contribution < 1.29 is 12.3 Å². The fourth-order valence-corrected chi connectivity index (χ4v) is 8.99. The van der Waals surface area contributed by atoms with Gasteiger partial charge in [0.25, 0.3) is 20.0 Å². The van der Waals surface area contributed by atoms with Crippen LogP contribution in [-0.4, -0.2) is 46.1 Å². The van der Waals surface area contributed by atoms with Crippen molar-refractivity contribution in [2.24, 2.45) is 5.73 Å². The molecule has 4 nitrogen and oxygen atoms in total. The Balaban J connectivity index is 3.49. The van der Waals surface area contributed by atoms with E-state index in [-0.39, 0.29) is 0 Å².